The summed E-state index contributed by atoms with van der Waals surface area (Å²) in [5.74, 6) is -4.97. The van der Waals surface area contributed by atoms with Crippen LogP contribution in [0.15, 0.2) is 34.0 Å². The van der Waals surface area contributed by atoms with Gasteiger partial charge < -0.3 is 34.3 Å². The first-order chi connectivity index (χ1) is 25.6. The zero-order valence-corrected chi connectivity index (χ0v) is 34.3. The topological polar surface area (TPSA) is 183 Å². The number of ether oxygens (including phenoxy) is 4. The molecule has 4 rings (SSSR count). The van der Waals surface area contributed by atoms with Gasteiger partial charge in [0.2, 0.25) is 5.60 Å². The molecule has 3 aromatic carbocycles. The number of carbonyl (C=O) groups is 5. The fourth-order valence-corrected chi connectivity index (χ4v) is 7.32. The SMILES string of the molecule is CCCOC1=CC(=O)C=C(C)C1(O)C(=O)Oc1c(C)c(C)c(C(=O)Oc2cc(C)c(C(=O)Oc3c(C)c(C)c(C(=O)O)c(C)c3C)c(C)c2CC)c(O)c1Br. The maximum absolute atomic E-state index is 13.8. The van der Waals surface area contributed by atoms with Crippen molar-refractivity contribution in [2.75, 3.05) is 6.61 Å². The number of carbonyl (C=O) groups excluding carboxylic acids is 4. The molecule has 0 heterocycles. The van der Waals surface area contributed by atoms with Gasteiger partial charge >= 0.3 is 23.9 Å². The highest BCUT2D eigenvalue weighted by Gasteiger charge is 2.48. The van der Waals surface area contributed by atoms with E-state index < -0.39 is 41.0 Å². The Balaban J connectivity index is 1.69. The van der Waals surface area contributed by atoms with Gasteiger partial charge in [-0.25, -0.2) is 19.2 Å². The molecule has 1 aliphatic carbocycles. The van der Waals surface area contributed by atoms with Gasteiger partial charge in [-0.2, -0.15) is 0 Å². The zero-order chi connectivity index (χ0) is 41.4. The van der Waals surface area contributed by atoms with Crippen LogP contribution in [0.4, 0.5) is 0 Å². The second-order valence-electron chi connectivity index (χ2n) is 13.6. The van der Waals surface area contributed by atoms with E-state index in [0.717, 1.165) is 12.2 Å². The van der Waals surface area contributed by atoms with Crippen molar-refractivity contribution in [1.29, 1.82) is 0 Å². The molecule has 3 aromatic rings. The van der Waals surface area contributed by atoms with E-state index in [9.17, 15) is 39.3 Å². The molecule has 1 aliphatic rings. The van der Waals surface area contributed by atoms with E-state index in [4.69, 9.17) is 18.9 Å². The van der Waals surface area contributed by atoms with Crippen molar-refractivity contribution in [2.45, 2.75) is 94.6 Å². The van der Waals surface area contributed by atoms with Crippen molar-refractivity contribution in [3.63, 3.8) is 0 Å². The number of aromatic hydroxyl groups is 1. The summed E-state index contributed by atoms with van der Waals surface area (Å²) in [5.41, 5.74) is 1.72. The fraction of sp³-hybridized carbons (Fsp3) is 0.357. The van der Waals surface area contributed by atoms with Crippen LogP contribution in [0.2, 0.25) is 0 Å². The van der Waals surface area contributed by atoms with Crippen LogP contribution >= 0.6 is 15.9 Å². The van der Waals surface area contributed by atoms with E-state index in [1.54, 1.807) is 48.5 Å². The maximum Gasteiger partial charge on any atom is 0.356 e. The number of benzene rings is 3. The number of halogens is 1. The second-order valence-corrected chi connectivity index (χ2v) is 14.4. The van der Waals surface area contributed by atoms with E-state index in [2.05, 4.69) is 15.9 Å². The number of aromatic carboxylic acids is 1. The number of aliphatic hydroxyl groups is 1. The van der Waals surface area contributed by atoms with Crippen LogP contribution in [0.25, 0.3) is 0 Å². The molecule has 0 radical (unpaired) electrons. The molecule has 0 saturated heterocycles. The average molecular weight is 822 g/mol. The largest absolute Gasteiger partial charge is 0.506 e. The number of rotatable bonds is 11. The van der Waals surface area contributed by atoms with Gasteiger partial charge in [0.15, 0.2) is 11.5 Å². The first kappa shape index (κ1) is 42.5. The summed E-state index contributed by atoms with van der Waals surface area (Å²) >= 11 is 3.24. The van der Waals surface area contributed by atoms with Gasteiger partial charge in [-0.05, 0) is 159 Å². The lowest BCUT2D eigenvalue weighted by atomic mass is 9.87. The number of esters is 3. The molecule has 13 heteroatoms. The van der Waals surface area contributed by atoms with Crippen LogP contribution in [-0.4, -0.2) is 57.2 Å². The summed E-state index contributed by atoms with van der Waals surface area (Å²) in [6.45, 7) is 18.3. The summed E-state index contributed by atoms with van der Waals surface area (Å²) in [6, 6.07) is 1.53. The highest BCUT2D eigenvalue weighted by Crippen LogP contribution is 2.44. The fourth-order valence-electron chi connectivity index (χ4n) is 6.74. The summed E-state index contributed by atoms with van der Waals surface area (Å²) in [7, 11) is 0. The minimum Gasteiger partial charge on any atom is -0.506 e. The summed E-state index contributed by atoms with van der Waals surface area (Å²) in [6.07, 6.45) is 3.00. The smallest absolute Gasteiger partial charge is 0.356 e. The lowest BCUT2D eigenvalue weighted by Gasteiger charge is -2.31. The van der Waals surface area contributed by atoms with E-state index in [-0.39, 0.29) is 67.5 Å². The normalized spacial score (nSPS) is 15.3. The second kappa shape index (κ2) is 16.2. The van der Waals surface area contributed by atoms with Crippen molar-refractivity contribution in [3.05, 3.63) is 101 Å². The molecule has 0 fully saturated rings. The van der Waals surface area contributed by atoms with Crippen molar-refractivity contribution in [3.8, 4) is 23.0 Å². The zero-order valence-electron chi connectivity index (χ0n) is 32.7. The van der Waals surface area contributed by atoms with Crippen LogP contribution in [0.5, 0.6) is 23.0 Å². The highest BCUT2D eigenvalue weighted by molar-refractivity contribution is 9.10. The third-order valence-corrected chi connectivity index (χ3v) is 11.0. The van der Waals surface area contributed by atoms with Crippen LogP contribution in [0.1, 0.15) is 108 Å². The third kappa shape index (κ3) is 7.55. The van der Waals surface area contributed by atoms with Gasteiger partial charge in [-0.3, -0.25) is 4.79 Å². The Labute approximate surface area is 327 Å². The highest BCUT2D eigenvalue weighted by atomic mass is 79.9. The Morgan fingerprint density at radius 3 is 1.82 bits per heavy atom. The molecule has 0 aromatic heterocycles. The number of aryl methyl sites for hydroxylation is 1. The van der Waals surface area contributed by atoms with Crippen LogP contribution in [-0.2, 0) is 20.7 Å². The number of hydrogen-bond acceptors (Lipinski definition) is 11. The molecular formula is C42H45BrO12. The molecule has 292 valence electrons. The molecule has 1 unspecified atom stereocenters. The number of ketones is 1. The number of phenolic OH excluding ortho intramolecular Hbond substituents is 1. The molecule has 0 bridgehead atoms. The third-order valence-electron chi connectivity index (χ3n) is 10.2. The van der Waals surface area contributed by atoms with Crippen LogP contribution in [0.3, 0.4) is 0 Å². The van der Waals surface area contributed by atoms with Crippen molar-refractivity contribution < 1.29 is 58.2 Å². The van der Waals surface area contributed by atoms with E-state index in [0.29, 0.717) is 51.8 Å². The predicted molar refractivity (Wildman–Crippen MR) is 207 cm³/mol. The molecule has 0 amide bonds. The van der Waals surface area contributed by atoms with Crippen molar-refractivity contribution in [1.82, 2.24) is 0 Å². The standard InChI is InChI=1S/C42H45BrO12/c1-12-14-52-30-17-27(44)16-19(4)42(30,51)41(50)55-37-25(10)22(7)33(35(45)34(37)43)40(49)53-29-15-18(3)31(26(11)28(29)13-2)39(48)54-36-23(8)20(5)32(38(46)47)21(6)24(36)9/h15-17,45,51H,12-14H2,1-11H3,(H,46,47). The molecule has 55 heavy (non-hydrogen) atoms. The monoisotopic (exact) mass is 820 g/mol. The van der Waals surface area contributed by atoms with Crippen molar-refractivity contribution >= 4 is 45.6 Å². The Morgan fingerprint density at radius 1 is 0.727 bits per heavy atom. The van der Waals surface area contributed by atoms with Gasteiger partial charge in [0.05, 0.1) is 17.7 Å². The molecule has 1 atom stereocenters. The van der Waals surface area contributed by atoms with E-state index in [1.165, 1.54) is 19.9 Å². The number of carboxylic acids is 1. The molecule has 3 N–H and O–H groups in total. The summed E-state index contributed by atoms with van der Waals surface area (Å²) in [4.78, 5) is 65.3. The Morgan fingerprint density at radius 2 is 1.27 bits per heavy atom. The Bertz CT molecular complexity index is 2190. The first-order valence-electron chi connectivity index (χ1n) is 17.6. The summed E-state index contributed by atoms with van der Waals surface area (Å²) in [5, 5.41) is 32.6. The quantitative estimate of drug-likeness (QED) is 0.126. The number of carboxylic acid groups (broad SMARTS) is 1. The number of phenols is 1. The minimum absolute atomic E-state index is 0.0209. The molecular weight excluding hydrogens is 776 g/mol. The molecule has 0 aliphatic heterocycles. The molecule has 12 nitrogen and oxygen atoms in total. The molecule has 0 saturated carbocycles. The lowest BCUT2D eigenvalue weighted by molar-refractivity contribution is -0.151. The van der Waals surface area contributed by atoms with E-state index in [1.807, 2.05) is 13.8 Å². The minimum atomic E-state index is -2.43. The summed E-state index contributed by atoms with van der Waals surface area (Å²) < 4.78 is 22.9. The van der Waals surface area contributed by atoms with Gasteiger partial charge in [0.1, 0.15) is 33.0 Å². The van der Waals surface area contributed by atoms with Crippen molar-refractivity contribution in [2.24, 2.45) is 0 Å². The van der Waals surface area contributed by atoms with Gasteiger partial charge in [-0.15, -0.1) is 0 Å². The lowest BCUT2D eigenvalue weighted by Crippen LogP contribution is -2.47. The average Bonchev–Trinajstić information content (AvgIpc) is 3.10. The van der Waals surface area contributed by atoms with Gasteiger partial charge in [-0.1, -0.05) is 13.8 Å². The van der Waals surface area contributed by atoms with Crippen LogP contribution < -0.4 is 14.2 Å². The number of hydrogen-bond donors (Lipinski definition) is 3. The Kier molecular flexibility index (Phi) is 12.5. The maximum atomic E-state index is 13.8. The first-order valence-corrected chi connectivity index (χ1v) is 18.4. The predicted octanol–water partition coefficient (Wildman–Crippen LogP) is 7.80. The Hall–Kier alpha value is -5.27. The van der Waals surface area contributed by atoms with E-state index >= 15 is 0 Å². The van der Waals surface area contributed by atoms with Gasteiger partial charge in [0.25, 0.3) is 0 Å². The molecule has 0 spiro atoms. The number of allylic oxidation sites excluding steroid dienone is 2. The van der Waals surface area contributed by atoms with Gasteiger partial charge in [0, 0.05) is 6.08 Å². The van der Waals surface area contributed by atoms with Crippen LogP contribution in [0, 0.1) is 55.4 Å².